The molecule has 0 radical (unpaired) electrons. The van der Waals surface area contributed by atoms with Crippen molar-refractivity contribution < 1.29 is 24.2 Å². The SMILES string of the molecule is CC/C=C\C/C=C\C/C=C\C/C=C\C(CCCCCCCC(=O)NCC(=O)O)OC(=O)CCCCCCC/C=C\CCCCCC. The molecular weight excluding hydrogens is 574 g/mol. The van der Waals surface area contributed by atoms with Crippen molar-refractivity contribution in [1.29, 1.82) is 0 Å². The molecule has 262 valence electrons. The van der Waals surface area contributed by atoms with Crippen LogP contribution in [0.5, 0.6) is 0 Å². The monoisotopic (exact) mass is 642 g/mol. The van der Waals surface area contributed by atoms with E-state index in [2.05, 4.69) is 73.8 Å². The highest BCUT2D eigenvalue weighted by Gasteiger charge is 2.11. The Morgan fingerprint density at radius 1 is 0.609 bits per heavy atom. The summed E-state index contributed by atoms with van der Waals surface area (Å²) in [6, 6.07) is 0. The molecule has 0 aromatic rings. The summed E-state index contributed by atoms with van der Waals surface area (Å²) in [5, 5.41) is 11.0. The van der Waals surface area contributed by atoms with Gasteiger partial charge in [0.15, 0.2) is 0 Å². The number of rotatable bonds is 32. The molecule has 0 saturated heterocycles. The van der Waals surface area contributed by atoms with E-state index in [9.17, 15) is 14.4 Å². The average Bonchev–Trinajstić information content (AvgIpc) is 3.04. The minimum atomic E-state index is -1.03. The van der Waals surface area contributed by atoms with Gasteiger partial charge in [-0.05, 0) is 83.1 Å². The average molecular weight is 642 g/mol. The van der Waals surface area contributed by atoms with Crippen LogP contribution < -0.4 is 5.32 Å². The van der Waals surface area contributed by atoms with Crippen LogP contribution in [0.2, 0.25) is 0 Å². The Morgan fingerprint density at radius 2 is 1.13 bits per heavy atom. The van der Waals surface area contributed by atoms with Gasteiger partial charge >= 0.3 is 11.9 Å². The first-order valence-corrected chi connectivity index (χ1v) is 18.4. The number of carbonyl (C=O) groups excluding carboxylic acids is 2. The third kappa shape index (κ3) is 34.0. The highest BCUT2D eigenvalue weighted by atomic mass is 16.5. The fraction of sp³-hybridized carbons (Fsp3) is 0.675. The van der Waals surface area contributed by atoms with Gasteiger partial charge in [0.05, 0.1) is 0 Å². The van der Waals surface area contributed by atoms with Gasteiger partial charge in [-0.3, -0.25) is 14.4 Å². The molecule has 0 bridgehead atoms. The summed E-state index contributed by atoms with van der Waals surface area (Å²) in [6.45, 7) is 4.06. The highest BCUT2D eigenvalue weighted by molar-refractivity contribution is 5.80. The smallest absolute Gasteiger partial charge is 0.322 e. The summed E-state index contributed by atoms with van der Waals surface area (Å²) < 4.78 is 5.88. The molecule has 0 spiro atoms. The number of carbonyl (C=O) groups is 3. The molecular formula is C40H67NO5. The van der Waals surface area contributed by atoms with Gasteiger partial charge in [-0.15, -0.1) is 0 Å². The molecule has 0 aliphatic carbocycles. The van der Waals surface area contributed by atoms with E-state index >= 15 is 0 Å². The molecule has 1 amide bonds. The Kier molecular flexibility index (Phi) is 32.8. The standard InChI is InChI=1S/C40H67NO5/c1-3-5-7-9-11-13-15-16-18-20-22-27-31-35-40(45)46-37(32-28-24-21-19-17-14-12-10-8-6-4-2)33-29-25-23-26-30-34-38(42)41-36-39(43)44/h6,8,12-15,19,21,28,32,37H,3-5,7,9-11,16-18,20,22-27,29-31,33-36H2,1-2H3,(H,41,42)(H,43,44)/b8-6-,14-12-,15-13-,21-19-,32-28-. The van der Waals surface area contributed by atoms with E-state index in [4.69, 9.17) is 9.84 Å². The largest absolute Gasteiger partial charge is 0.480 e. The zero-order chi connectivity index (χ0) is 33.8. The molecule has 2 N–H and O–H groups in total. The predicted octanol–water partition coefficient (Wildman–Crippen LogP) is 10.9. The van der Waals surface area contributed by atoms with Crippen molar-refractivity contribution in [2.75, 3.05) is 6.54 Å². The van der Waals surface area contributed by atoms with E-state index in [1.54, 1.807) is 0 Å². The van der Waals surface area contributed by atoms with Crippen molar-refractivity contribution in [2.45, 2.75) is 168 Å². The van der Waals surface area contributed by atoms with Crippen LogP contribution in [0.3, 0.4) is 0 Å². The van der Waals surface area contributed by atoms with Gasteiger partial charge in [0.25, 0.3) is 0 Å². The first kappa shape index (κ1) is 43.1. The quantitative estimate of drug-likeness (QED) is 0.0433. The van der Waals surface area contributed by atoms with Crippen LogP contribution in [0.1, 0.15) is 162 Å². The van der Waals surface area contributed by atoms with E-state index < -0.39 is 5.97 Å². The molecule has 0 fully saturated rings. The second kappa shape index (κ2) is 35.0. The lowest BCUT2D eigenvalue weighted by Crippen LogP contribution is -2.28. The van der Waals surface area contributed by atoms with Gasteiger partial charge in [-0.2, -0.15) is 0 Å². The van der Waals surface area contributed by atoms with Crippen LogP contribution in [0, 0.1) is 0 Å². The van der Waals surface area contributed by atoms with Gasteiger partial charge in [0.2, 0.25) is 5.91 Å². The zero-order valence-corrected chi connectivity index (χ0v) is 29.4. The Morgan fingerprint density at radius 3 is 1.74 bits per heavy atom. The number of aliphatic carboxylic acids is 1. The van der Waals surface area contributed by atoms with Crippen molar-refractivity contribution >= 4 is 17.8 Å². The number of carboxylic acids is 1. The summed E-state index contributed by atoms with van der Waals surface area (Å²) >= 11 is 0. The predicted molar refractivity (Wildman–Crippen MR) is 194 cm³/mol. The Balaban J connectivity index is 4.36. The molecule has 0 saturated carbocycles. The molecule has 0 heterocycles. The number of hydrogen-bond donors (Lipinski definition) is 2. The van der Waals surface area contributed by atoms with Crippen molar-refractivity contribution in [2.24, 2.45) is 0 Å². The van der Waals surface area contributed by atoms with Crippen LogP contribution in [-0.2, 0) is 19.1 Å². The number of carboxylic acid groups (broad SMARTS) is 1. The van der Waals surface area contributed by atoms with E-state index in [0.29, 0.717) is 12.8 Å². The fourth-order valence-corrected chi connectivity index (χ4v) is 4.95. The summed E-state index contributed by atoms with van der Waals surface area (Å²) in [7, 11) is 0. The maximum absolute atomic E-state index is 12.6. The second-order valence-electron chi connectivity index (χ2n) is 12.1. The minimum Gasteiger partial charge on any atom is -0.480 e. The number of unbranched alkanes of at least 4 members (excludes halogenated alkanes) is 13. The molecule has 0 aromatic heterocycles. The van der Waals surface area contributed by atoms with Crippen molar-refractivity contribution in [1.82, 2.24) is 5.32 Å². The lowest BCUT2D eigenvalue weighted by atomic mass is 10.1. The van der Waals surface area contributed by atoms with Crippen LogP contribution in [0.25, 0.3) is 0 Å². The van der Waals surface area contributed by atoms with Crippen LogP contribution >= 0.6 is 0 Å². The molecule has 1 atom stereocenters. The number of allylic oxidation sites excluding steroid dienone is 9. The fourth-order valence-electron chi connectivity index (χ4n) is 4.95. The highest BCUT2D eigenvalue weighted by Crippen LogP contribution is 2.15. The molecule has 1 unspecified atom stereocenters. The Bertz CT molecular complexity index is 886. The van der Waals surface area contributed by atoms with E-state index in [0.717, 1.165) is 83.5 Å². The Hall–Kier alpha value is -2.89. The molecule has 46 heavy (non-hydrogen) atoms. The minimum absolute atomic E-state index is 0.106. The van der Waals surface area contributed by atoms with Crippen LogP contribution in [-0.4, -0.2) is 35.6 Å². The molecule has 6 heteroatoms. The molecule has 6 nitrogen and oxygen atoms in total. The molecule has 0 aliphatic heterocycles. The van der Waals surface area contributed by atoms with Crippen LogP contribution in [0.15, 0.2) is 60.8 Å². The van der Waals surface area contributed by atoms with E-state index in [1.807, 2.05) is 6.08 Å². The summed E-state index contributed by atoms with van der Waals surface area (Å²) in [5.41, 5.74) is 0. The van der Waals surface area contributed by atoms with E-state index in [1.165, 1.54) is 51.4 Å². The lowest BCUT2D eigenvalue weighted by Gasteiger charge is -2.14. The zero-order valence-electron chi connectivity index (χ0n) is 29.4. The van der Waals surface area contributed by atoms with Crippen LogP contribution in [0.4, 0.5) is 0 Å². The van der Waals surface area contributed by atoms with Gasteiger partial charge in [0.1, 0.15) is 12.6 Å². The van der Waals surface area contributed by atoms with Gasteiger partial charge in [0, 0.05) is 12.8 Å². The first-order chi connectivity index (χ1) is 22.5. The number of amides is 1. The third-order valence-electron chi connectivity index (χ3n) is 7.66. The van der Waals surface area contributed by atoms with Gasteiger partial charge in [-0.1, -0.05) is 126 Å². The molecule has 0 aliphatic rings. The number of esters is 1. The van der Waals surface area contributed by atoms with E-state index in [-0.39, 0.29) is 24.5 Å². The van der Waals surface area contributed by atoms with Gasteiger partial charge < -0.3 is 15.2 Å². The summed E-state index contributed by atoms with van der Waals surface area (Å²) in [6.07, 6.45) is 44.9. The normalized spacial score (nSPS) is 12.7. The van der Waals surface area contributed by atoms with Crippen molar-refractivity contribution in [3.05, 3.63) is 60.8 Å². The van der Waals surface area contributed by atoms with Crippen molar-refractivity contribution in [3.63, 3.8) is 0 Å². The molecule has 0 rings (SSSR count). The Labute approximate surface area is 281 Å². The maximum Gasteiger partial charge on any atom is 0.322 e. The number of nitrogens with one attached hydrogen (secondary N) is 1. The first-order valence-electron chi connectivity index (χ1n) is 18.4. The summed E-state index contributed by atoms with van der Waals surface area (Å²) in [4.78, 5) is 34.8. The topological polar surface area (TPSA) is 92.7 Å². The van der Waals surface area contributed by atoms with Gasteiger partial charge in [-0.25, -0.2) is 0 Å². The van der Waals surface area contributed by atoms with Crippen molar-refractivity contribution in [3.8, 4) is 0 Å². The summed E-state index contributed by atoms with van der Waals surface area (Å²) in [5.74, 6) is -1.35. The lowest BCUT2D eigenvalue weighted by molar-refractivity contribution is -0.147. The second-order valence-corrected chi connectivity index (χ2v) is 12.1. The third-order valence-corrected chi connectivity index (χ3v) is 7.66. The number of ether oxygens (including phenoxy) is 1. The maximum atomic E-state index is 12.6. The number of hydrogen-bond acceptors (Lipinski definition) is 4. The molecule has 0 aromatic carbocycles.